The highest BCUT2D eigenvalue weighted by molar-refractivity contribution is 6.29. The standard InChI is InChI=1S/C13H14ClN3O2/c1-2-7-18-9-5-3-4-6-10(9)19-12-8-11(14)16-13(15)17-12/h3-6,8H,2,7H2,1H3,(H2,15,16,17). The van der Waals surface area contributed by atoms with Crippen molar-refractivity contribution >= 4 is 17.5 Å². The molecule has 0 aliphatic heterocycles. The lowest BCUT2D eigenvalue weighted by Gasteiger charge is -2.11. The van der Waals surface area contributed by atoms with Gasteiger partial charge in [0.2, 0.25) is 11.8 Å². The molecule has 2 N–H and O–H groups in total. The van der Waals surface area contributed by atoms with Crippen LogP contribution in [0.3, 0.4) is 0 Å². The lowest BCUT2D eigenvalue weighted by atomic mass is 10.3. The largest absolute Gasteiger partial charge is 0.490 e. The van der Waals surface area contributed by atoms with Gasteiger partial charge in [0, 0.05) is 6.07 Å². The quantitative estimate of drug-likeness (QED) is 0.851. The van der Waals surface area contributed by atoms with Gasteiger partial charge in [-0.1, -0.05) is 30.7 Å². The first-order valence-corrected chi connectivity index (χ1v) is 6.26. The Morgan fingerprint density at radius 2 is 1.95 bits per heavy atom. The Morgan fingerprint density at radius 1 is 1.21 bits per heavy atom. The van der Waals surface area contributed by atoms with E-state index in [2.05, 4.69) is 9.97 Å². The summed E-state index contributed by atoms with van der Waals surface area (Å²) in [5.41, 5.74) is 5.51. The van der Waals surface area contributed by atoms with E-state index in [1.165, 1.54) is 6.07 Å². The van der Waals surface area contributed by atoms with Crippen LogP contribution in [-0.2, 0) is 0 Å². The van der Waals surface area contributed by atoms with Crippen molar-refractivity contribution in [1.82, 2.24) is 9.97 Å². The van der Waals surface area contributed by atoms with E-state index in [1.54, 1.807) is 6.07 Å². The van der Waals surface area contributed by atoms with E-state index in [4.69, 9.17) is 26.8 Å². The Kier molecular flexibility index (Phi) is 4.41. The molecule has 0 fully saturated rings. The van der Waals surface area contributed by atoms with Crippen LogP contribution in [0.4, 0.5) is 5.95 Å². The zero-order valence-electron chi connectivity index (χ0n) is 10.5. The number of rotatable bonds is 5. The van der Waals surface area contributed by atoms with Gasteiger partial charge in [-0.05, 0) is 18.6 Å². The molecule has 0 radical (unpaired) electrons. The van der Waals surface area contributed by atoms with E-state index >= 15 is 0 Å². The van der Waals surface area contributed by atoms with Gasteiger partial charge in [0.15, 0.2) is 11.5 Å². The molecular formula is C13H14ClN3O2. The average Bonchev–Trinajstić information content (AvgIpc) is 2.36. The minimum atomic E-state index is 0.0643. The Balaban J connectivity index is 2.22. The van der Waals surface area contributed by atoms with Crippen LogP contribution in [0.25, 0.3) is 0 Å². The second-order valence-corrected chi connectivity index (χ2v) is 4.17. The number of anilines is 1. The van der Waals surface area contributed by atoms with Crippen LogP contribution in [0.15, 0.2) is 30.3 Å². The predicted octanol–water partition coefficient (Wildman–Crippen LogP) is 3.29. The van der Waals surface area contributed by atoms with Crippen molar-refractivity contribution in [3.63, 3.8) is 0 Å². The number of nitrogens with two attached hydrogens (primary N) is 1. The van der Waals surface area contributed by atoms with Crippen molar-refractivity contribution in [2.75, 3.05) is 12.3 Å². The Labute approximate surface area is 116 Å². The fraction of sp³-hybridized carbons (Fsp3) is 0.231. The van der Waals surface area contributed by atoms with Gasteiger partial charge in [0.25, 0.3) is 0 Å². The molecule has 0 saturated carbocycles. The lowest BCUT2D eigenvalue weighted by molar-refractivity contribution is 0.301. The molecule has 5 nitrogen and oxygen atoms in total. The molecule has 1 aromatic heterocycles. The summed E-state index contributed by atoms with van der Waals surface area (Å²) in [5, 5.41) is 0.231. The maximum atomic E-state index is 5.80. The Hall–Kier alpha value is -2.01. The summed E-state index contributed by atoms with van der Waals surface area (Å²) in [6.45, 7) is 2.65. The number of hydrogen-bond donors (Lipinski definition) is 1. The SMILES string of the molecule is CCCOc1ccccc1Oc1cc(Cl)nc(N)n1. The van der Waals surface area contributed by atoms with E-state index < -0.39 is 0 Å². The predicted molar refractivity (Wildman–Crippen MR) is 73.8 cm³/mol. The van der Waals surface area contributed by atoms with Gasteiger partial charge < -0.3 is 15.2 Å². The molecule has 0 spiro atoms. The summed E-state index contributed by atoms with van der Waals surface area (Å²) >= 11 is 5.80. The van der Waals surface area contributed by atoms with Crippen LogP contribution in [-0.4, -0.2) is 16.6 Å². The molecular weight excluding hydrogens is 266 g/mol. The van der Waals surface area contributed by atoms with Crippen LogP contribution < -0.4 is 15.2 Å². The van der Waals surface area contributed by atoms with Crippen LogP contribution >= 0.6 is 11.6 Å². The monoisotopic (exact) mass is 279 g/mol. The minimum Gasteiger partial charge on any atom is -0.490 e. The van der Waals surface area contributed by atoms with E-state index in [1.807, 2.05) is 25.1 Å². The van der Waals surface area contributed by atoms with Crippen molar-refractivity contribution in [3.8, 4) is 17.4 Å². The van der Waals surface area contributed by atoms with Crippen molar-refractivity contribution in [1.29, 1.82) is 0 Å². The molecule has 0 aliphatic rings. The normalized spacial score (nSPS) is 10.2. The van der Waals surface area contributed by atoms with Gasteiger partial charge in [-0.2, -0.15) is 4.98 Å². The third-order valence-corrected chi connectivity index (χ3v) is 2.41. The summed E-state index contributed by atoms with van der Waals surface area (Å²) in [4.78, 5) is 7.72. The summed E-state index contributed by atoms with van der Waals surface area (Å²) in [6.07, 6.45) is 0.917. The number of para-hydroxylation sites is 2. The number of ether oxygens (including phenoxy) is 2. The van der Waals surface area contributed by atoms with Gasteiger partial charge in [0.1, 0.15) is 5.15 Å². The first-order chi connectivity index (χ1) is 9.19. The summed E-state index contributed by atoms with van der Waals surface area (Å²) < 4.78 is 11.2. The molecule has 2 aromatic rings. The van der Waals surface area contributed by atoms with E-state index in [0.29, 0.717) is 18.1 Å². The van der Waals surface area contributed by atoms with E-state index in [0.717, 1.165) is 6.42 Å². The van der Waals surface area contributed by atoms with Gasteiger partial charge >= 0.3 is 0 Å². The van der Waals surface area contributed by atoms with E-state index in [9.17, 15) is 0 Å². The first-order valence-electron chi connectivity index (χ1n) is 5.88. The summed E-state index contributed by atoms with van der Waals surface area (Å²) in [7, 11) is 0. The number of benzene rings is 1. The molecule has 2 rings (SSSR count). The second kappa shape index (κ2) is 6.24. The summed E-state index contributed by atoms with van der Waals surface area (Å²) in [5.74, 6) is 1.56. The maximum Gasteiger partial charge on any atom is 0.225 e. The molecule has 0 unspecified atom stereocenters. The molecule has 6 heteroatoms. The van der Waals surface area contributed by atoms with Gasteiger partial charge in [-0.3, -0.25) is 0 Å². The fourth-order valence-corrected chi connectivity index (χ4v) is 1.62. The number of nitrogen functional groups attached to an aromatic ring is 1. The molecule has 1 heterocycles. The molecule has 0 saturated heterocycles. The number of aromatic nitrogens is 2. The van der Waals surface area contributed by atoms with Crippen molar-refractivity contribution in [2.24, 2.45) is 0 Å². The van der Waals surface area contributed by atoms with Gasteiger partial charge in [-0.15, -0.1) is 0 Å². The van der Waals surface area contributed by atoms with Crippen LogP contribution in [0.5, 0.6) is 17.4 Å². The highest BCUT2D eigenvalue weighted by atomic mass is 35.5. The number of nitrogens with zero attached hydrogens (tertiary/aromatic N) is 2. The minimum absolute atomic E-state index is 0.0643. The zero-order valence-corrected chi connectivity index (χ0v) is 11.2. The molecule has 0 amide bonds. The topological polar surface area (TPSA) is 70.3 Å². The zero-order chi connectivity index (χ0) is 13.7. The van der Waals surface area contributed by atoms with Crippen LogP contribution in [0.2, 0.25) is 5.15 Å². The van der Waals surface area contributed by atoms with E-state index in [-0.39, 0.29) is 17.0 Å². The molecule has 100 valence electrons. The van der Waals surface area contributed by atoms with Crippen molar-refractivity contribution in [3.05, 3.63) is 35.5 Å². The molecule has 0 bridgehead atoms. The average molecular weight is 280 g/mol. The second-order valence-electron chi connectivity index (χ2n) is 3.78. The highest BCUT2D eigenvalue weighted by Gasteiger charge is 2.08. The number of hydrogen-bond acceptors (Lipinski definition) is 5. The fourth-order valence-electron chi connectivity index (χ4n) is 1.44. The molecule has 0 atom stereocenters. The highest BCUT2D eigenvalue weighted by Crippen LogP contribution is 2.31. The van der Waals surface area contributed by atoms with Gasteiger partial charge in [-0.25, -0.2) is 4.98 Å². The Bertz CT molecular complexity index is 543. The van der Waals surface area contributed by atoms with Crippen LogP contribution in [0, 0.1) is 0 Å². The first kappa shape index (κ1) is 13.4. The Morgan fingerprint density at radius 3 is 2.63 bits per heavy atom. The molecule has 0 aliphatic carbocycles. The van der Waals surface area contributed by atoms with Crippen molar-refractivity contribution in [2.45, 2.75) is 13.3 Å². The third kappa shape index (κ3) is 3.72. The number of halogens is 1. The van der Waals surface area contributed by atoms with Crippen molar-refractivity contribution < 1.29 is 9.47 Å². The lowest BCUT2D eigenvalue weighted by Crippen LogP contribution is -2.00. The summed E-state index contributed by atoms with van der Waals surface area (Å²) in [6, 6.07) is 8.84. The van der Waals surface area contributed by atoms with Crippen LogP contribution in [0.1, 0.15) is 13.3 Å². The third-order valence-electron chi connectivity index (χ3n) is 2.21. The molecule has 19 heavy (non-hydrogen) atoms. The molecule has 1 aromatic carbocycles. The van der Waals surface area contributed by atoms with Gasteiger partial charge in [0.05, 0.1) is 6.61 Å². The smallest absolute Gasteiger partial charge is 0.225 e. The maximum absolute atomic E-state index is 5.80.